The van der Waals surface area contributed by atoms with Gasteiger partial charge in [0.2, 0.25) is 5.91 Å². The normalized spacial score (nSPS) is 19.9. The third-order valence-corrected chi connectivity index (χ3v) is 10.2. The monoisotopic (exact) mass is 841 g/mol. The highest BCUT2D eigenvalue weighted by atomic mass is 16.7. The van der Waals surface area contributed by atoms with E-state index < -0.39 is 89.3 Å². The Kier molecular flexibility index (Phi) is 11.5. The van der Waals surface area contributed by atoms with Gasteiger partial charge < -0.3 is 68.8 Å². The number of phenols is 2. The van der Waals surface area contributed by atoms with Crippen LogP contribution in [0.1, 0.15) is 13.3 Å². The van der Waals surface area contributed by atoms with Gasteiger partial charge in [-0.3, -0.25) is 14.4 Å². The van der Waals surface area contributed by atoms with E-state index in [4.69, 9.17) is 27.8 Å². The van der Waals surface area contributed by atoms with Crippen LogP contribution in [0.5, 0.6) is 28.7 Å². The first-order valence-electron chi connectivity index (χ1n) is 18.5. The minimum Gasteiger partial charge on any atom is -0.507 e. The fourth-order valence-corrected chi connectivity index (χ4v) is 7.34. The lowest BCUT2D eigenvalue weighted by atomic mass is 9.88. The molecule has 0 bridgehead atoms. The second kappa shape index (κ2) is 16.6. The Balaban J connectivity index is 1.51. The van der Waals surface area contributed by atoms with Crippen molar-refractivity contribution in [3.63, 3.8) is 0 Å². The molecule has 6 atom stereocenters. The molecule has 7 rings (SSSR count). The predicted octanol–water partition coefficient (Wildman–Crippen LogP) is 2.86. The number of carboxylic acids is 1. The molecule has 8 N–H and O–H groups in total. The molecule has 0 aliphatic carbocycles. The van der Waals surface area contributed by atoms with Gasteiger partial charge in [-0.1, -0.05) is 30.3 Å². The minimum atomic E-state index is -2.99. The Morgan fingerprint density at radius 1 is 0.852 bits per heavy atom. The molecule has 2 aromatic heterocycles. The standard InChI is InChI=1S/C43H39NO17/c1-19(46)44-38-28(51)17-43(42(54)55,61-41(38)39(53)29(52)18-45)60-34-16-27(50)37-26(49)15-31(20-7-5-4-6-8-20)59-40(37)35(34)23-11-21(9-10-30(23)57-3)32-14-25(48)36-24(47)12-22(56-2)13-33(36)58-32/h4-16,28-29,38-39,41,45,47,50-53H,17-18H2,1-3H3,(H,44,46)(H,54,55)/t28-,29+,38+,39+,41+,43+/m0/s1. The summed E-state index contributed by atoms with van der Waals surface area (Å²) in [6.45, 7) is 0.0551. The van der Waals surface area contributed by atoms with Gasteiger partial charge in [-0.15, -0.1) is 0 Å². The number of fused-ring (bicyclic) bond motifs is 2. The Morgan fingerprint density at radius 2 is 1.52 bits per heavy atom. The lowest BCUT2D eigenvalue weighted by Gasteiger charge is -2.46. The van der Waals surface area contributed by atoms with Crippen LogP contribution in [0, 0.1) is 0 Å². The van der Waals surface area contributed by atoms with Gasteiger partial charge in [0.05, 0.1) is 45.0 Å². The van der Waals surface area contributed by atoms with Gasteiger partial charge >= 0.3 is 11.8 Å². The molecule has 18 heteroatoms. The second-order valence-corrected chi connectivity index (χ2v) is 14.2. The summed E-state index contributed by atoms with van der Waals surface area (Å²) in [5, 5.41) is 77.2. The van der Waals surface area contributed by atoms with Crippen LogP contribution in [-0.2, 0) is 14.3 Å². The molecule has 1 fully saturated rings. The highest BCUT2D eigenvalue weighted by Gasteiger charge is 2.57. The Hall–Kier alpha value is -6.96. The first kappa shape index (κ1) is 42.2. The molecule has 1 aliphatic heterocycles. The highest BCUT2D eigenvalue weighted by molar-refractivity contribution is 6.02. The number of nitrogens with one attached hydrogen (secondary N) is 1. The Bertz CT molecular complexity index is 2780. The molecule has 61 heavy (non-hydrogen) atoms. The first-order chi connectivity index (χ1) is 29.1. The van der Waals surface area contributed by atoms with Gasteiger partial charge in [-0.2, -0.15) is 0 Å². The Labute approximate surface area is 344 Å². The SMILES string of the molecule is COc1cc(O)c2c(=O)cc(-c3ccc(OC)c(-c4c(O[C@]5(C(=O)O)C[C@H](O)[C@@H](NC(C)=O)[C@H]([C@H](O)[C@H](O)CO)O5)cc(O)c5c(=O)cc(-c6ccccc6)oc45)c3)oc2c1. The summed E-state index contributed by atoms with van der Waals surface area (Å²) in [4.78, 5) is 52.8. The van der Waals surface area contributed by atoms with Gasteiger partial charge in [0.15, 0.2) is 16.4 Å². The molecular formula is C43H39NO17. The zero-order valence-electron chi connectivity index (χ0n) is 32.5. The van der Waals surface area contributed by atoms with Crippen LogP contribution in [0.3, 0.4) is 0 Å². The number of aromatic hydroxyl groups is 2. The zero-order valence-corrected chi connectivity index (χ0v) is 32.5. The van der Waals surface area contributed by atoms with Crippen molar-refractivity contribution >= 4 is 33.8 Å². The van der Waals surface area contributed by atoms with Crippen LogP contribution in [0.2, 0.25) is 0 Å². The van der Waals surface area contributed by atoms with Crippen LogP contribution in [-0.4, -0.2) is 105 Å². The summed E-state index contributed by atoms with van der Waals surface area (Å²) < 4.78 is 35.5. The van der Waals surface area contributed by atoms with Gasteiger partial charge in [-0.05, 0) is 18.2 Å². The van der Waals surface area contributed by atoms with Crippen molar-refractivity contribution < 1.29 is 73.1 Å². The van der Waals surface area contributed by atoms with Crippen molar-refractivity contribution in [3.8, 4) is 62.5 Å². The summed E-state index contributed by atoms with van der Waals surface area (Å²) in [6.07, 6.45) is -8.77. The quantitative estimate of drug-likeness (QED) is 0.0879. The molecule has 1 aliphatic rings. The number of carboxylic acid groups (broad SMARTS) is 1. The number of ether oxygens (including phenoxy) is 4. The fraction of sp³-hybridized carbons (Fsp3) is 0.256. The lowest BCUT2D eigenvalue weighted by molar-refractivity contribution is -0.284. The van der Waals surface area contributed by atoms with E-state index in [1.807, 2.05) is 0 Å². The number of aliphatic hydroxyl groups is 4. The topological polar surface area (TPSA) is 285 Å². The maximum Gasteiger partial charge on any atom is 0.377 e. The fourth-order valence-electron chi connectivity index (χ4n) is 7.34. The third-order valence-electron chi connectivity index (χ3n) is 10.2. The van der Waals surface area contributed by atoms with E-state index in [0.717, 1.165) is 25.1 Å². The molecule has 1 amide bonds. The van der Waals surface area contributed by atoms with E-state index in [-0.39, 0.29) is 61.6 Å². The van der Waals surface area contributed by atoms with E-state index in [0.29, 0.717) is 5.56 Å². The molecule has 318 valence electrons. The molecule has 3 heterocycles. The number of benzene rings is 4. The maximum absolute atomic E-state index is 13.9. The van der Waals surface area contributed by atoms with Crippen molar-refractivity contribution in [2.75, 3.05) is 20.8 Å². The van der Waals surface area contributed by atoms with E-state index in [2.05, 4.69) is 5.32 Å². The van der Waals surface area contributed by atoms with Crippen molar-refractivity contribution in [1.29, 1.82) is 0 Å². The number of amides is 1. The van der Waals surface area contributed by atoms with Crippen LogP contribution < -0.4 is 30.4 Å². The number of phenolic OH excluding ortho intramolecular Hbond substituents is 2. The minimum absolute atomic E-state index is 0.00454. The van der Waals surface area contributed by atoms with Gasteiger partial charge in [0.1, 0.15) is 74.9 Å². The van der Waals surface area contributed by atoms with E-state index in [9.17, 15) is 54.9 Å². The molecule has 0 saturated carbocycles. The van der Waals surface area contributed by atoms with Gasteiger partial charge in [0.25, 0.3) is 0 Å². The average Bonchev–Trinajstić information content (AvgIpc) is 3.23. The van der Waals surface area contributed by atoms with Crippen LogP contribution >= 0.6 is 0 Å². The zero-order chi connectivity index (χ0) is 43.9. The molecule has 4 aromatic carbocycles. The van der Waals surface area contributed by atoms with Crippen LogP contribution in [0.4, 0.5) is 0 Å². The molecule has 0 spiro atoms. The number of rotatable bonds is 12. The van der Waals surface area contributed by atoms with E-state index in [1.165, 1.54) is 44.6 Å². The van der Waals surface area contributed by atoms with Gasteiger partial charge in [-0.25, -0.2) is 4.79 Å². The van der Waals surface area contributed by atoms with Crippen LogP contribution in [0.15, 0.2) is 97.3 Å². The Morgan fingerprint density at radius 3 is 2.16 bits per heavy atom. The molecule has 18 nitrogen and oxygen atoms in total. The average molecular weight is 842 g/mol. The number of hydrogen-bond donors (Lipinski definition) is 8. The number of aliphatic hydroxyl groups excluding tert-OH is 4. The molecule has 0 radical (unpaired) electrons. The summed E-state index contributed by atoms with van der Waals surface area (Å²) in [5.41, 5.74) is -1.33. The van der Waals surface area contributed by atoms with Crippen molar-refractivity contribution in [1.82, 2.24) is 5.32 Å². The van der Waals surface area contributed by atoms with Gasteiger partial charge in [0, 0.05) is 53.9 Å². The van der Waals surface area contributed by atoms with Crippen molar-refractivity contribution in [3.05, 3.63) is 99.3 Å². The summed E-state index contributed by atoms with van der Waals surface area (Å²) in [6, 6.07) is 17.1. The number of aliphatic carboxylic acids is 1. The first-order valence-corrected chi connectivity index (χ1v) is 18.5. The van der Waals surface area contributed by atoms with E-state index >= 15 is 0 Å². The number of hydrogen-bond acceptors (Lipinski definition) is 16. The van der Waals surface area contributed by atoms with E-state index in [1.54, 1.807) is 30.3 Å². The summed E-state index contributed by atoms with van der Waals surface area (Å²) in [5.74, 6) is -7.06. The second-order valence-electron chi connectivity index (χ2n) is 14.2. The molecule has 6 aromatic rings. The van der Waals surface area contributed by atoms with Crippen molar-refractivity contribution in [2.24, 2.45) is 0 Å². The number of methoxy groups -OCH3 is 2. The number of carbonyl (C=O) groups is 2. The lowest BCUT2D eigenvalue weighted by Crippen LogP contribution is -2.68. The maximum atomic E-state index is 13.9. The molecular weight excluding hydrogens is 802 g/mol. The molecule has 0 unspecified atom stereocenters. The third kappa shape index (κ3) is 7.81. The molecule has 1 saturated heterocycles. The number of carbonyl (C=O) groups excluding carboxylic acids is 1. The largest absolute Gasteiger partial charge is 0.507 e. The smallest absolute Gasteiger partial charge is 0.377 e. The highest BCUT2D eigenvalue weighted by Crippen LogP contribution is 2.48. The summed E-state index contributed by atoms with van der Waals surface area (Å²) in [7, 11) is 2.66. The predicted molar refractivity (Wildman–Crippen MR) is 214 cm³/mol. The summed E-state index contributed by atoms with van der Waals surface area (Å²) >= 11 is 0. The van der Waals surface area contributed by atoms with Crippen LogP contribution in [0.25, 0.3) is 55.7 Å². The van der Waals surface area contributed by atoms with Crippen molar-refractivity contribution in [2.45, 2.75) is 49.6 Å².